The molecule has 0 unspecified atom stereocenters. The quantitative estimate of drug-likeness (QED) is 0.131. The standard InChI is InChI=1S/C22H16Br2N4O8S/c1-13-2-5-16(6-3-13)37(33,34)26-20-7-4-14(27(29)30)10-17(20)22(25-26)36-9-8-35-21-18(23)11-15(28(31)32)12-19(21)24/h2-7,10-12H,8-9H2,1H3. The van der Waals surface area contributed by atoms with Crippen LogP contribution < -0.4 is 9.47 Å². The summed E-state index contributed by atoms with van der Waals surface area (Å²) in [5.74, 6) is 0.155. The van der Waals surface area contributed by atoms with Gasteiger partial charge >= 0.3 is 0 Å². The number of halogens is 2. The van der Waals surface area contributed by atoms with Crippen LogP contribution >= 0.6 is 31.9 Å². The highest BCUT2D eigenvalue weighted by Crippen LogP contribution is 2.37. The minimum absolute atomic E-state index is 0.0105. The molecule has 0 N–H and O–H groups in total. The fourth-order valence-corrected chi connectivity index (χ4v) is 6.01. The molecule has 0 spiro atoms. The van der Waals surface area contributed by atoms with Crippen LogP contribution in [0.15, 0.2) is 68.4 Å². The van der Waals surface area contributed by atoms with Gasteiger partial charge in [-0.15, -0.1) is 9.19 Å². The molecule has 4 rings (SSSR count). The molecule has 0 fully saturated rings. The van der Waals surface area contributed by atoms with Crippen molar-refractivity contribution in [3.63, 3.8) is 0 Å². The number of ether oxygens (including phenoxy) is 2. The van der Waals surface area contributed by atoms with Gasteiger partial charge in [0, 0.05) is 24.3 Å². The summed E-state index contributed by atoms with van der Waals surface area (Å²) in [7, 11) is -4.13. The van der Waals surface area contributed by atoms with Crippen LogP contribution in [0.2, 0.25) is 0 Å². The smallest absolute Gasteiger partial charge is 0.283 e. The number of benzene rings is 3. The van der Waals surface area contributed by atoms with Crippen LogP contribution in [-0.2, 0) is 10.0 Å². The van der Waals surface area contributed by atoms with Crippen molar-refractivity contribution < 1.29 is 27.7 Å². The molecule has 0 aliphatic heterocycles. The van der Waals surface area contributed by atoms with E-state index in [9.17, 15) is 28.6 Å². The van der Waals surface area contributed by atoms with E-state index in [0.717, 1.165) is 9.65 Å². The molecule has 0 radical (unpaired) electrons. The molecule has 1 aromatic heterocycles. The Kier molecular flexibility index (Phi) is 7.47. The van der Waals surface area contributed by atoms with E-state index in [2.05, 4.69) is 37.0 Å². The van der Waals surface area contributed by atoms with Crippen molar-refractivity contribution >= 4 is 64.2 Å². The maximum Gasteiger partial charge on any atom is 0.283 e. The van der Waals surface area contributed by atoms with Crippen LogP contribution in [0.4, 0.5) is 11.4 Å². The van der Waals surface area contributed by atoms with E-state index < -0.39 is 19.9 Å². The number of aryl methyl sites for hydroxylation is 1. The van der Waals surface area contributed by atoms with E-state index >= 15 is 0 Å². The van der Waals surface area contributed by atoms with E-state index in [0.29, 0.717) is 14.7 Å². The first kappa shape index (κ1) is 26.5. The van der Waals surface area contributed by atoms with Crippen LogP contribution in [-0.4, -0.2) is 40.7 Å². The lowest BCUT2D eigenvalue weighted by atomic mass is 10.2. The largest absolute Gasteiger partial charge is 0.488 e. The van der Waals surface area contributed by atoms with Gasteiger partial charge in [0.15, 0.2) is 0 Å². The van der Waals surface area contributed by atoms with Crippen molar-refractivity contribution in [2.45, 2.75) is 11.8 Å². The maximum atomic E-state index is 13.3. The monoisotopic (exact) mass is 654 g/mol. The van der Waals surface area contributed by atoms with Gasteiger partial charge in [-0.05, 0) is 57.0 Å². The predicted molar refractivity (Wildman–Crippen MR) is 140 cm³/mol. The van der Waals surface area contributed by atoms with E-state index in [4.69, 9.17) is 9.47 Å². The highest BCUT2D eigenvalue weighted by atomic mass is 79.9. The van der Waals surface area contributed by atoms with E-state index in [1.54, 1.807) is 12.1 Å². The zero-order chi connectivity index (χ0) is 26.9. The summed E-state index contributed by atoms with van der Waals surface area (Å²) < 4.78 is 39.3. The number of hydrogen-bond donors (Lipinski definition) is 0. The molecular weight excluding hydrogens is 640 g/mol. The molecule has 1 heterocycles. The molecular formula is C22H16Br2N4O8S. The molecule has 0 bridgehead atoms. The fraction of sp³-hybridized carbons (Fsp3) is 0.136. The summed E-state index contributed by atoms with van der Waals surface area (Å²) in [6, 6.07) is 12.4. The number of nitro benzene ring substituents is 2. The third kappa shape index (κ3) is 5.42. The minimum Gasteiger partial charge on any atom is -0.488 e. The molecule has 0 saturated heterocycles. The third-order valence-corrected chi connectivity index (χ3v) is 7.90. The Balaban J connectivity index is 1.62. The highest BCUT2D eigenvalue weighted by Gasteiger charge is 2.25. The molecule has 0 saturated carbocycles. The first-order valence-electron chi connectivity index (χ1n) is 10.4. The summed E-state index contributed by atoms with van der Waals surface area (Å²) >= 11 is 6.45. The lowest BCUT2D eigenvalue weighted by molar-refractivity contribution is -0.385. The molecule has 3 aromatic carbocycles. The molecule has 4 aromatic rings. The van der Waals surface area contributed by atoms with Gasteiger partial charge in [-0.25, -0.2) is 0 Å². The predicted octanol–water partition coefficient (Wildman–Crippen LogP) is 5.38. The number of hydrogen-bond acceptors (Lipinski definition) is 9. The number of fused-ring (bicyclic) bond motifs is 1. The average molecular weight is 656 g/mol. The number of nitro groups is 2. The van der Waals surface area contributed by atoms with Crippen LogP contribution in [0.5, 0.6) is 11.6 Å². The summed E-state index contributed by atoms with van der Waals surface area (Å²) in [5.41, 5.74) is 0.563. The third-order valence-electron chi connectivity index (χ3n) is 5.12. The lowest BCUT2D eigenvalue weighted by Gasteiger charge is -2.10. The number of nitrogens with zero attached hydrogens (tertiary/aromatic N) is 4. The van der Waals surface area contributed by atoms with Crippen molar-refractivity contribution in [2.75, 3.05) is 13.2 Å². The Morgan fingerprint density at radius 3 is 2.08 bits per heavy atom. The van der Waals surface area contributed by atoms with Gasteiger partial charge in [-0.2, -0.15) is 8.42 Å². The average Bonchev–Trinajstić information content (AvgIpc) is 3.22. The van der Waals surface area contributed by atoms with Crippen LogP contribution in [0.3, 0.4) is 0 Å². The fourth-order valence-electron chi connectivity index (χ4n) is 3.34. The lowest BCUT2D eigenvalue weighted by Crippen LogP contribution is -2.15. The van der Waals surface area contributed by atoms with Gasteiger partial charge in [0.1, 0.15) is 19.0 Å². The zero-order valence-electron chi connectivity index (χ0n) is 18.8. The zero-order valence-corrected chi connectivity index (χ0v) is 22.8. The second kappa shape index (κ2) is 10.4. The van der Waals surface area contributed by atoms with Crippen LogP contribution in [0.1, 0.15) is 5.56 Å². The Bertz CT molecular complexity index is 1620. The number of aromatic nitrogens is 2. The minimum atomic E-state index is -4.13. The highest BCUT2D eigenvalue weighted by molar-refractivity contribution is 9.11. The van der Waals surface area contributed by atoms with Crippen LogP contribution in [0, 0.1) is 27.2 Å². The summed E-state index contributed by atoms with van der Waals surface area (Å²) in [5, 5.41) is 26.5. The molecule has 0 amide bonds. The molecule has 12 nitrogen and oxygen atoms in total. The normalized spacial score (nSPS) is 11.4. The summed E-state index contributed by atoms with van der Waals surface area (Å²) in [6.45, 7) is 1.65. The van der Waals surface area contributed by atoms with Gasteiger partial charge in [0.2, 0.25) is 5.88 Å². The number of non-ortho nitro benzene ring substituents is 2. The Morgan fingerprint density at radius 2 is 1.49 bits per heavy atom. The van der Waals surface area contributed by atoms with Gasteiger partial charge < -0.3 is 9.47 Å². The molecule has 0 aliphatic rings. The second-order valence-electron chi connectivity index (χ2n) is 7.62. The Labute approximate surface area is 226 Å². The Hall–Kier alpha value is -3.56. The molecule has 15 heteroatoms. The van der Waals surface area contributed by atoms with Gasteiger partial charge in [-0.1, -0.05) is 17.7 Å². The maximum absolute atomic E-state index is 13.3. The first-order valence-corrected chi connectivity index (χ1v) is 13.4. The van der Waals surface area contributed by atoms with E-state index in [1.807, 2.05) is 6.92 Å². The molecule has 192 valence electrons. The SMILES string of the molecule is Cc1ccc(S(=O)(=O)n2nc(OCCOc3c(Br)cc([N+](=O)[O-])cc3Br)c3cc([N+](=O)[O-])ccc32)cc1. The van der Waals surface area contributed by atoms with Crippen LogP contribution in [0.25, 0.3) is 10.9 Å². The topological polar surface area (TPSA) is 157 Å². The number of rotatable bonds is 9. The summed E-state index contributed by atoms with van der Waals surface area (Å²) in [4.78, 5) is 21.1. The van der Waals surface area contributed by atoms with Crippen molar-refractivity contribution in [3.05, 3.63) is 89.3 Å². The van der Waals surface area contributed by atoms with E-state index in [-0.39, 0.29) is 46.3 Å². The van der Waals surface area contributed by atoms with Crippen molar-refractivity contribution in [3.8, 4) is 11.6 Å². The Morgan fingerprint density at radius 1 is 0.892 bits per heavy atom. The molecule has 37 heavy (non-hydrogen) atoms. The van der Waals surface area contributed by atoms with Crippen molar-refractivity contribution in [1.29, 1.82) is 0 Å². The van der Waals surface area contributed by atoms with Crippen molar-refractivity contribution in [1.82, 2.24) is 9.19 Å². The van der Waals surface area contributed by atoms with E-state index in [1.165, 1.54) is 42.5 Å². The molecule has 0 atom stereocenters. The second-order valence-corrected chi connectivity index (χ2v) is 11.1. The first-order chi connectivity index (χ1) is 17.5. The van der Waals surface area contributed by atoms with Gasteiger partial charge in [0.25, 0.3) is 21.4 Å². The van der Waals surface area contributed by atoms with Gasteiger partial charge in [-0.3, -0.25) is 20.2 Å². The molecule has 0 aliphatic carbocycles. The van der Waals surface area contributed by atoms with Crippen molar-refractivity contribution in [2.24, 2.45) is 0 Å². The van der Waals surface area contributed by atoms with Gasteiger partial charge in [0.05, 0.1) is 34.6 Å². The summed E-state index contributed by atoms with van der Waals surface area (Å²) in [6.07, 6.45) is 0.